The lowest BCUT2D eigenvalue weighted by Crippen LogP contribution is -2.41. The molecule has 1 amide bonds. The van der Waals surface area contributed by atoms with Crippen LogP contribution in [-0.4, -0.2) is 29.9 Å². The monoisotopic (exact) mass is 401 g/mol. The minimum Gasteiger partial charge on any atom is -0.425 e. The van der Waals surface area contributed by atoms with Crippen molar-refractivity contribution in [2.45, 2.75) is 19.8 Å². The molecule has 0 spiro atoms. The van der Waals surface area contributed by atoms with Crippen molar-refractivity contribution in [1.82, 2.24) is 4.90 Å². The molecular formula is C20H20BrNO3. The first-order chi connectivity index (χ1) is 12.1. The summed E-state index contributed by atoms with van der Waals surface area (Å²) in [6.45, 7) is 3.08. The molecule has 0 N–H and O–H groups in total. The van der Waals surface area contributed by atoms with Crippen molar-refractivity contribution in [3.63, 3.8) is 0 Å². The number of piperidine rings is 1. The van der Waals surface area contributed by atoms with Gasteiger partial charge in [-0.2, -0.15) is 0 Å². The highest BCUT2D eigenvalue weighted by Crippen LogP contribution is 2.27. The van der Waals surface area contributed by atoms with Crippen LogP contribution in [0.15, 0.2) is 53.0 Å². The van der Waals surface area contributed by atoms with E-state index in [1.807, 2.05) is 54.3 Å². The second kappa shape index (κ2) is 7.83. The summed E-state index contributed by atoms with van der Waals surface area (Å²) in [5.41, 5.74) is 1.71. The van der Waals surface area contributed by atoms with Crippen LogP contribution in [0.5, 0.6) is 5.75 Å². The predicted molar refractivity (Wildman–Crippen MR) is 99.6 cm³/mol. The van der Waals surface area contributed by atoms with Gasteiger partial charge in [-0.1, -0.05) is 30.3 Å². The van der Waals surface area contributed by atoms with Crippen LogP contribution in [0.2, 0.25) is 0 Å². The minimum absolute atomic E-state index is 0.0377. The van der Waals surface area contributed by atoms with Crippen LogP contribution in [0.3, 0.4) is 0 Å². The van der Waals surface area contributed by atoms with Gasteiger partial charge < -0.3 is 9.64 Å². The van der Waals surface area contributed by atoms with E-state index in [4.69, 9.17) is 4.74 Å². The van der Waals surface area contributed by atoms with Gasteiger partial charge in [0.2, 0.25) is 0 Å². The number of hydrogen-bond acceptors (Lipinski definition) is 3. The largest absolute Gasteiger partial charge is 0.425 e. The van der Waals surface area contributed by atoms with Crippen LogP contribution >= 0.6 is 15.9 Å². The van der Waals surface area contributed by atoms with Crippen molar-refractivity contribution in [1.29, 1.82) is 0 Å². The molecule has 130 valence electrons. The molecule has 0 radical (unpaired) electrons. The Labute approximate surface area is 155 Å². The van der Waals surface area contributed by atoms with Crippen molar-refractivity contribution in [3.8, 4) is 5.75 Å². The highest BCUT2D eigenvalue weighted by Gasteiger charge is 2.29. The van der Waals surface area contributed by atoms with Gasteiger partial charge in [0.05, 0.1) is 10.4 Å². The minimum atomic E-state index is -0.227. The fourth-order valence-corrected chi connectivity index (χ4v) is 3.39. The number of aryl methyl sites for hydroxylation is 1. The smallest absolute Gasteiger partial charge is 0.314 e. The van der Waals surface area contributed by atoms with Crippen LogP contribution in [0.25, 0.3) is 0 Å². The molecule has 0 bridgehead atoms. The molecule has 5 heteroatoms. The van der Waals surface area contributed by atoms with Gasteiger partial charge >= 0.3 is 5.97 Å². The van der Waals surface area contributed by atoms with E-state index in [1.165, 1.54) is 0 Å². The summed E-state index contributed by atoms with van der Waals surface area (Å²) in [7, 11) is 0. The molecule has 2 aromatic carbocycles. The Bertz CT molecular complexity index is 782. The summed E-state index contributed by atoms with van der Waals surface area (Å²) in [5.74, 6) is 0.171. The summed E-state index contributed by atoms with van der Waals surface area (Å²) in [6.07, 6.45) is 1.25. The molecule has 0 atom stereocenters. The molecule has 0 saturated carbocycles. The van der Waals surface area contributed by atoms with E-state index in [2.05, 4.69) is 15.9 Å². The Morgan fingerprint density at radius 2 is 1.68 bits per heavy atom. The average Bonchev–Trinajstić information content (AvgIpc) is 2.63. The SMILES string of the molecule is Cc1ccccc1C(=O)N1CCC(C(=O)Oc2ccccc2Br)CC1. The van der Waals surface area contributed by atoms with Crippen molar-refractivity contribution in [2.75, 3.05) is 13.1 Å². The average molecular weight is 402 g/mol. The van der Waals surface area contributed by atoms with Gasteiger partial charge in [0, 0.05) is 18.7 Å². The summed E-state index contributed by atoms with van der Waals surface area (Å²) in [5, 5.41) is 0. The second-order valence-electron chi connectivity index (χ2n) is 6.23. The van der Waals surface area contributed by atoms with E-state index in [0.29, 0.717) is 31.7 Å². The van der Waals surface area contributed by atoms with Crippen molar-refractivity contribution < 1.29 is 14.3 Å². The zero-order valence-corrected chi connectivity index (χ0v) is 15.7. The third-order valence-corrected chi connectivity index (χ3v) is 5.19. The van der Waals surface area contributed by atoms with E-state index in [1.54, 1.807) is 6.07 Å². The number of amides is 1. The van der Waals surface area contributed by atoms with Crippen LogP contribution in [0.1, 0.15) is 28.8 Å². The Kier molecular flexibility index (Phi) is 5.53. The predicted octanol–water partition coefficient (Wildman–Crippen LogP) is 4.22. The number of likely N-dealkylation sites (tertiary alicyclic amines) is 1. The molecule has 0 aliphatic carbocycles. The maximum Gasteiger partial charge on any atom is 0.314 e. The zero-order chi connectivity index (χ0) is 17.8. The van der Waals surface area contributed by atoms with E-state index in [0.717, 1.165) is 15.6 Å². The molecule has 4 nitrogen and oxygen atoms in total. The van der Waals surface area contributed by atoms with Gasteiger partial charge in [0.1, 0.15) is 5.75 Å². The lowest BCUT2D eigenvalue weighted by atomic mass is 9.96. The number of rotatable bonds is 3. The van der Waals surface area contributed by atoms with Crippen molar-refractivity contribution >= 4 is 27.8 Å². The molecule has 25 heavy (non-hydrogen) atoms. The zero-order valence-electron chi connectivity index (χ0n) is 14.1. The maximum atomic E-state index is 12.6. The number of para-hydroxylation sites is 1. The Morgan fingerprint density at radius 1 is 1.04 bits per heavy atom. The van der Waals surface area contributed by atoms with Crippen molar-refractivity contribution in [2.24, 2.45) is 5.92 Å². The van der Waals surface area contributed by atoms with Gasteiger partial charge in [0.25, 0.3) is 5.91 Å². The van der Waals surface area contributed by atoms with Crippen LogP contribution < -0.4 is 4.74 Å². The van der Waals surface area contributed by atoms with Gasteiger partial charge in [-0.25, -0.2) is 0 Å². The topological polar surface area (TPSA) is 46.6 Å². The second-order valence-corrected chi connectivity index (χ2v) is 7.09. The lowest BCUT2D eigenvalue weighted by molar-refractivity contribution is -0.140. The first-order valence-corrected chi connectivity index (χ1v) is 9.16. The summed E-state index contributed by atoms with van der Waals surface area (Å²) in [4.78, 5) is 26.8. The molecule has 1 aliphatic heterocycles. The van der Waals surface area contributed by atoms with Crippen molar-refractivity contribution in [3.05, 3.63) is 64.1 Å². The number of nitrogens with zero attached hydrogens (tertiary/aromatic N) is 1. The van der Waals surface area contributed by atoms with Gasteiger partial charge in [-0.3, -0.25) is 9.59 Å². The van der Waals surface area contributed by atoms with Crippen LogP contribution in [0, 0.1) is 12.8 Å². The van der Waals surface area contributed by atoms with Gasteiger partial charge in [-0.05, 0) is 59.5 Å². The first-order valence-electron chi connectivity index (χ1n) is 8.37. The molecule has 3 rings (SSSR count). The van der Waals surface area contributed by atoms with Crippen LogP contribution in [0.4, 0.5) is 0 Å². The van der Waals surface area contributed by atoms with E-state index < -0.39 is 0 Å². The number of benzene rings is 2. The van der Waals surface area contributed by atoms with Crippen LogP contribution in [-0.2, 0) is 4.79 Å². The molecule has 0 aromatic heterocycles. The maximum absolute atomic E-state index is 12.6. The van der Waals surface area contributed by atoms with E-state index >= 15 is 0 Å². The Hall–Kier alpha value is -2.14. The van der Waals surface area contributed by atoms with Gasteiger partial charge in [-0.15, -0.1) is 0 Å². The Balaban J connectivity index is 1.58. The third-order valence-electron chi connectivity index (χ3n) is 4.54. The molecular weight excluding hydrogens is 382 g/mol. The molecule has 0 unspecified atom stereocenters. The number of ether oxygens (including phenoxy) is 1. The molecule has 1 aliphatic rings. The number of hydrogen-bond donors (Lipinski definition) is 0. The highest BCUT2D eigenvalue weighted by atomic mass is 79.9. The number of carbonyl (C=O) groups excluding carboxylic acids is 2. The first kappa shape index (κ1) is 17.7. The summed E-state index contributed by atoms with van der Waals surface area (Å²) < 4.78 is 6.25. The normalized spacial score (nSPS) is 15.0. The van der Waals surface area contributed by atoms with E-state index in [-0.39, 0.29) is 17.8 Å². The van der Waals surface area contributed by atoms with Gasteiger partial charge in [0.15, 0.2) is 0 Å². The summed E-state index contributed by atoms with van der Waals surface area (Å²) in [6, 6.07) is 14.9. The van der Waals surface area contributed by atoms with E-state index in [9.17, 15) is 9.59 Å². The molecule has 2 aromatic rings. The highest BCUT2D eigenvalue weighted by molar-refractivity contribution is 9.10. The number of carbonyl (C=O) groups is 2. The number of esters is 1. The molecule has 1 fully saturated rings. The lowest BCUT2D eigenvalue weighted by Gasteiger charge is -2.31. The fraction of sp³-hybridized carbons (Fsp3) is 0.300. The Morgan fingerprint density at radius 3 is 2.36 bits per heavy atom. The molecule has 1 saturated heterocycles. The fourth-order valence-electron chi connectivity index (χ4n) is 3.02. The summed E-state index contributed by atoms with van der Waals surface area (Å²) >= 11 is 3.38. The quantitative estimate of drug-likeness (QED) is 0.571. The standard InChI is InChI=1S/C20H20BrNO3/c1-14-6-2-3-7-16(14)19(23)22-12-10-15(11-13-22)20(24)25-18-9-5-4-8-17(18)21/h2-9,15H,10-13H2,1H3. The molecule has 1 heterocycles. The third kappa shape index (κ3) is 4.10. The number of halogens is 1.